The Morgan fingerprint density at radius 3 is 1.57 bits per heavy atom. The highest BCUT2D eigenvalue weighted by atomic mass is 16.1. The van der Waals surface area contributed by atoms with E-state index in [1.54, 1.807) is 0 Å². The van der Waals surface area contributed by atoms with Gasteiger partial charge in [-0.25, -0.2) is 9.97 Å². The van der Waals surface area contributed by atoms with Gasteiger partial charge in [-0.2, -0.15) is 0 Å². The first kappa shape index (κ1) is 18.1. The second-order valence-corrected chi connectivity index (χ2v) is 6.83. The molecule has 6 heteroatoms. The van der Waals surface area contributed by atoms with Crippen LogP contribution < -0.4 is 0 Å². The predicted molar refractivity (Wildman–Crippen MR) is 108 cm³/mol. The van der Waals surface area contributed by atoms with E-state index in [0.29, 0.717) is 35.9 Å². The van der Waals surface area contributed by atoms with Crippen molar-refractivity contribution in [3.63, 3.8) is 0 Å². The fourth-order valence-electron chi connectivity index (χ4n) is 3.49. The van der Waals surface area contributed by atoms with Crippen LogP contribution in [0.4, 0.5) is 0 Å². The quantitative estimate of drug-likeness (QED) is 0.443. The maximum absolute atomic E-state index is 12.6. The van der Waals surface area contributed by atoms with Gasteiger partial charge in [0.25, 0.3) is 0 Å². The van der Waals surface area contributed by atoms with Crippen molar-refractivity contribution >= 4 is 22.6 Å². The van der Waals surface area contributed by atoms with E-state index in [-0.39, 0.29) is 11.6 Å². The lowest BCUT2D eigenvalue weighted by Gasteiger charge is -2.00. The first-order chi connectivity index (χ1) is 13.7. The number of hydrogen-bond acceptors (Lipinski definition) is 4. The minimum Gasteiger partial charge on any atom is -0.296 e. The molecule has 0 bridgehead atoms. The Kier molecular flexibility index (Phi) is 4.77. The summed E-state index contributed by atoms with van der Waals surface area (Å²) in [6, 6.07) is 11.3. The molecule has 4 aromatic rings. The van der Waals surface area contributed by atoms with Crippen LogP contribution in [-0.2, 0) is 0 Å². The van der Waals surface area contributed by atoms with Gasteiger partial charge >= 0.3 is 0 Å². The molecular weight excluding hydrogens is 352 g/mol. The van der Waals surface area contributed by atoms with Crippen LogP contribution in [0.5, 0.6) is 0 Å². The van der Waals surface area contributed by atoms with Crippen LogP contribution in [0.15, 0.2) is 48.8 Å². The van der Waals surface area contributed by atoms with Crippen LogP contribution in [0.25, 0.3) is 22.7 Å². The molecule has 0 fully saturated rings. The largest absolute Gasteiger partial charge is 0.296 e. The van der Waals surface area contributed by atoms with Crippen LogP contribution in [-0.4, -0.2) is 30.3 Å². The summed E-state index contributed by atoms with van der Waals surface area (Å²) in [7, 11) is 0. The topological polar surface area (TPSA) is 68.7 Å². The van der Waals surface area contributed by atoms with Crippen molar-refractivity contribution in [2.45, 2.75) is 39.5 Å². The normalized spacial score (nSPS) is 11.4. The Hall–Kier alpha value is -3.28. The maximum atomic E-state index is 12.6. The molecule has 0 saturated heterocycles. The molecule has 0 atom stereocenters. The number of imidazole rings is 2. The lowest BCUT2D eigenvalue weighted by atomic mass is 10.1. The van der Waals surface area contributed by atoms with Crippen molar-refractivity contribution in [2.24, 2.45) is 0 Å². The number of nitrogens with zero attached hydrogens (tertiary/aromatic N) is 4. The fraction of sp³-hybridized carbons (Fsp3) is 0.273. The van der Waals surface area contributed by atoms with E-state index in [9.17, 15) is 9.59 Å². The van der Waals surface area contributed by atoms with E-state index < -0.39 is 0 Å². The summed E-state index contributed by atoms with van der Waals surface area (Å²) >= 11 is 0. The van der Waals surface area contributed by atoms with E-state index in [1.807, 2.05) is 71.4 Å². The molecule has 28 heavy (non-hydrogen) atoms. The van der Waals surface area contributed by atoms with Gasteiger partial charge < -0.3 is 0 Å². The first-order valence-corrected chi connectivity index (χ1v) is 9.66. The number of pyridine rings is 2. The Labute approximate surface area is 162 Å². The number of carbonyl (C=O) groups is 2. The van der Waals surface area contributed by atoms with Gasteiger partial charge in [-0.15, -0.1) is 0 Å². The molecule has 0 aromatic carbocycles. The number of fused-ring (bicyclic) bond motifs is 2. The van der Waals surface area contributed by atoms with Gasteiger partial charge in [-0.3, -0.25) is 18.4 Å². The van der Waals surface area contributed by atoms with Gasteiger partial charge in [-0.05, 0) is 37.1 Å². The van der Waals surface area contributed by atoms with Gasteiger partial charge in [0.05, 0.1) is 11.0 Å². The van der Waals surface area contributed by atoms with E-state index in [2.05, 4.69) is 9.97 Å². The summed E-state index contributed by atoms with van der Waals surface area (Å²) in [5.41, 5.74) is 2.41. The van der Waals surface area contributed by atoms with Crippen molar-refractivity contribution in [1.29, 1.82) is 0 Å². The fourth-order valence-corrected chi connectivity index (χ4v) is 3.49. The van der Waals surface area contributed by atoms with E-state index >= 15 is 0 Å². The van der Waals surface area contributed by atoms with Crippen molar-refractivity contribution in [3.05, 3.63) is 60.2 Å². The Morgan fingerprint density at radius 1 is 0.750 bits per heavy atom. The number of Topliss-reactive ketones (excluding diaryl/α,β-unsaturated/α-hetero) is 2. The van der Waals surface area contributed by atoms with Crippen LogP contribution in [0.2, 0.25) is 0 Å². The van der Waals surface area contributed by atoms with Gasteiger partial charge in [0.1, 0.15) is 11.4 Å². The highest BCUT2D eigenvalue weighted by Crippen LogP contribution is 2.26. The van der Waals surface area contributed by atoms with Gasteiger partial charge in [0, 0.05) is 25.2 Å². The maximum Gasteiger partial charge on any atom is 0.183 e. The Morgan fingerprint density at radius 2 is 1.18 bits per heavy atom. The smallest absolute Gasteiger partial charge is 0.183 e. The standard InChI is InChI=1S/C22H22N4O2/c1-3-9-17(27)19-15-11-5-7-13-25(15)21(23-19)22-24-20(18(28)10-4-2)16-12-6-8-14-26(16)22/h5-8,11-14H,3-4,9-10H2,1-2H3. The van der Waals surface area contributed by atoms with E-state index in [0.717, 1.165) is 23.9 Å². The molecule has 142 valence electrons. The summed E-state index contributed by atoms with van der Waals surface area (Å²) in [5.74, 6) is 1.15. The zero-order valence-corrected chi connectivity index (χ0v) is 16.1. The molecule has 4 aromatic heterocycles. The van der Waals surface area contributed by atoms with E-state index in [1.165, 1.54) is 0 Å². The zero-order chi connectivity index (χ0) is 19.7. The van der Waals surface area contributed by atoms with Crippen LogP contribution in [0.3, 0.4) is 0 Å². The third kappa shape index (κ3) is 2.91. The molecule has 4 rings (SSSR count). The van der Waals surface area contributed by atoms with Crippen molar-refractivity contribution < 1.29 is 9.59 Å². The number of ketones is 2. The van der Waals surface area contributed by atoms with Crippen molar-refractivity contribution in [1.82, 2.24) is 18.8 Å². The third-order valence-corrected chi connectivity index (χ3v) is 4.78. The number of rotatable bonds is 7. The minimum absolute atomic E-state index is 0.0144. The second-order valence-electron chi connectivity index (χ2n) is 6.83. The number of carbonyl (C=O) groups excluding carboxylic acids is 2. The van der Waals surface area contributed by atoms with Gasteiger partial charge in [0.15, 0.2) is 23.2 Å². The minimum atomic E-state index is 0.0144. The molecule has 0 unspecified atom stereocenters. The van der Waals surface area contributed by atoms with Gasteiger partial charge in [0.2, 0.25) is 0 Å². The summed E-state index contributed by atoms with van der Waals surface area (Å²) in [6.07, 6.45) is 6.17. The number of hydrogen-bond donors (Lipinski definition) is 0. The highest BCUT2D eigenvalue weighted by molar-refractivity contribution is 6.03. The number of aromatic nitrogens is 4. The summed E-state index contributed by atoms with van der Waals surface area (Å²) in [6.45, 7) is 3.95. The second kappa shape index (κ2) is 7.38. The molecule has 0 saturated carbocycles. The van der Waals surface area contributed by atoms with Crippen LogP contribution >= 0.6 is 0 Å². The molecule has 0 N–H and O–H groups in total. The SMILES string of the molecule is CCCC(=O)c1nc(-c2nc(C(=O)CCC)c3ccccn23)n2ccccc12. The molecule has 0 spiro atoms. The lowest BCUT2D eigenvalue weighted by Crippen LogP contribution is -1.99. The third-order valence-electron chi connectivity index (χ3n) is 4.78. The summed E-state index contributed by atoms with van der Waals surface area (Å²) < 4.78 is 3.75. The highest BCUT2D eigenvalue weighted by Gasteiger charge is 2.23. The van der Waals surface area contributed by atoms with Crippen LogP contribution in [0.1, 0.15) is 60.5 Å². The Bertz CT molecular complexity index is 1090. The zero-order valence-electron chi connectivity index (χ0n) is 16.1. The molecule has 0 radical (unpaired) electrons. The summed E-state index contributed by atoms with van der Waals surface area (Å²) in [4.78, 5) is 34.5. The molecular formula is C22H22N4O2. The lowest BCUT2D eigenvalue weighted by molar-refractivity contribution is 0.0971. The van der Waals surface area contributed by atoms with Crippen LogP contribution in [0, 0.1) is 0 Å². The monoisotopic (exact) mass is 374 g/mol. The average molecular weight is 374 g/mol. The Balaban J connectivity index is 1.97. The van der Waals surface area contributed by atoms with Crippen molar-refractivity contribution in [2.75, 3.05) is 0 Å². The van der Waals surface area contributed by atoms with Gasteiger partial charge in [-0.1, -0.05) is 26.0 Å². The molecule has 0 aliphatic carbocycles. The summed E-state index contributed by atoms with van der Waals surface area (Å²) in [5, 5.41) is 0. The predicted octanol–water partition coefficient (Wildman–Crippen LogP) is 4.61. The molecule has 0 amide bonds. The molecule has 0 aliphatic rings. The molecule has 4 heterocycles. The molecule has 6 nitrogen and oxygen atoms in total. The van der Waals surface area contributed by atoms with Crippen molar-refractivity contribution in [3.8, 4) is 11.6 Å². The molecule has 0 aliphatic heterocycles. The van der Waals surface area contributed by atoms with E-state index in [4.69, 9.17) is 0 Å². The first-order valence-electron chi connectivity index (χ1n) is 9.66. The average Bonchev–Trinajstić information content (AvgIpc) is 3.27.